The Labute approximate surface area is 113 Å². The molecule has 0 amide bonds. The summed E-state index contributed by atoms with van der Waals surface area (Å²) >= 11 is 0. The molecule has 0 aliphatic heterocycles. The van der Waals surface area contributed by atoms with Gasteiger partial charge in [0.15, 0.2) is 0 Å². The molecule has 0 bridgehead atoms. The summed E-state index contributed by atoms with van der Waals surface area (Å²) < 4.78 is 0. The Morgan fingerprint density at radius 1 is 1.21 bits per heavy atom. The summed E-state index contributed by atoms with van der Waals surface area (Å²) in [6.07, 6.45) is 0.933. The fraction of sp³-hybridized carbons (Fsp3) is 0.188. The molecule has 96 valence electrons. The molecule has 2 rings (SSSR count). The van der Waals surface area contributed by atoms with Gasteiger partial charge in [0.25, 0.3) is 0 Å². The SMILES string of the molecule is Cc1ccccc1CCNc1cc(C#N)ccc1N. The zero-order valence-corrected chi connectivity index (χ0v) is 11.0. The molecule has 2 aromatic carbocycles. The lowest BCUT2D eigenvalue weighted by Crippen LogP contribution is -2.07. The average molecular weight is 251 g/mol. The number of nitrogens with zero attached hydrogens (tertiary/aromatic N) is 1. The van der Waals surface area contributed by atoms with Gasteiger partial charge in [-0.1, -0.05) is 24.3 Å². The Bertz CT molecular complexity index is 612. The van der Waals surface area contributed by atoms with E-state index in [9.17, 15) is 0 Å². The van der Waals surface area contributed by atoms with Gasteiger partial charge in [-0.2, -0.15) is 5.26 Å². The highest BCUT2D eigenvalue weighted by Crippen LogP contribution is 2.19. The topological polar surface area (TPSA) is 61.8 Å². The smallest absolute Gasteiger partial charge is 0.0992 e. The van der Waals surface area contributed by atoms with Gasteiger partial charge in [0, 0.05) is 6.54 Å². The van der Waals surface area contributed by atoms with E-state index >= 15 is 0 Å². The average Bonchev–Trinajstić information content (AvgIpc) is 2.43. The van der Waals surface area contributed by atoms with Crippen LogP contribution < -0.4 is 11.1 Å². The van der Waals surface area contributed by atoms with E-state index in [1.54, 1.807) is 18.2 Å². The molecule has 0 saturated heterocycles. The second-order valence-corrected chi connectivity index (χ2v) is 4.52. The van der Waals surface area contributed by atoms with Gasteiger partial charge in [-0.15, -0.1) is 0 Å². The minimum atomic E-state index is 0.618. The first-order chi connectivity index (χ1) is 9.20. The number of nitriles is 1. The van der Waals surface area contributed by atoms with Gasteiger partial charge < -0.3 is 11.1 Å². The van der Waals surface area contributed by atoms with Crippen molar-refractivity contribution >= 4 is 11.4 Å². The predicted molar refractivity (Wildman–Crippen MR) is 78.9 cm³/mol. The van der Waals surface area contributed by atoms with E-state index in [4.69, 9.17) is 11.0 Å². The van der Waals surface area contributed by atoms with E-state index < -0.39 is 0 Å². The van der Waals surface area contributed by atoms with Crippen molar-refractivity contribution in [2.75, 3.05) is 17.6 Å². The zero-order valence-electron chi connectivity index (χ0n) is 11.0. The first-order valence-corrected chi connectivity index (χ1v) is 6.28. The fourth-order valence-electron chi connectivity index (χ4n) is 2.00. The van der Waals surface area contributed by atoms with Crippen molar-refractivity contribution < 1.29 is 0 Å². The van der Waals surface area contributed by atoms with Gasteiger partial charge in [-0.25, -0.2) is 0 Å². The summed E-state index contributed by atoms with van der Waals surface area (Å²) in [4.78, 5) is 0. The van der Waals surface area contributed by atoms with Crippen molar-refractivity contribution in [1.29, 1.82) is 5.26 Å². The molecule has 0 atom stereocenters. The van der Waals surface area contributed by atoms with E-state index in [-0.39, 0.29) is 0 Å². The highest BCUT2D eigenvalue weighted by atomic mass is 14.9. The summed E-state index contributed by atoms with van der Waals surface area (Å²) in [5.41, 5.74) is 10.6. The number of rotatable bonds is 4. The normalized spacial score (nSPS) is 9.89. The van der Waals surface area contributed by atoms with Crippen LogP contribution in [0.3, 0.4) is 0 Å². The lowest BCUT2D eigenvalue weighted by Gasteiger charge is -2.10. The van der Waals surface area contributed by atoms with Crippen LogP contribution in [-0.2, 0) is 6.42 Å². The van der Waals surface area contributed by atoms with Crippen LogP contribution in [0.1, 0.15) is 16.7 Å². The molecule has 0 fully saturated rings. The molecule has 0 spiro atoms. The largest absolute Gasteiger partial charge is 0.397 e. The van der Waals surface area contributed by atoms with Crippen molar-refractivity contribution in [3.05, 3.63) is 59.2 Å². The molecule has 0 unspecified atom stereocenters. The Morgan fingerprint density at radius 2 is 2.00 bits per heavy atom. The molecular weight excluding hydrogens is 234 g/mol. The molecule has 0 aromatic heterocycles. The van der Waals surface area contributed by atoms with Crippen LogP contribution in [0.15, 0.2) is 42.5 Å². The lowest BCUT2D eigenvalue weighted by atomic mass is 10.1. The standard InChI is InChI=1S/C16H17N3/c1-12-4-2-3-5-14(12)8-9-19-16-10-13(11-17)6-7-15(16)18/h2-7,10,19H,8-9,18H2,1H3. The molecule has 19 heavy (non-hydrogen) atoms. The minimum Gasteiger partial charge on any atom is -0.397 e. The van der Waals surface area contributed by atoms with Crippen LogP contribution in [-0.4, -0.2) is 6.54 Å². The van der Waals surface area contributed by atoms with Gasteiger partial charge in [-0.3, -0.25) is 0 Å². The zero-order chi connectivity index (χ0) is 13.7. The summed E-state index contributed by atoms with van der Waals surface area (Å²) in [6.45, 7) is 2.91. The number of hydrogen-bond acceptors (Lipinski definition) is 3. The third-order valence-electron chi connectivity index (χ3n) is 3.15. The molecule has 0 saturated carbocycles. The van der Waals surface area contributed by atoms with E-state index in [2.05, 4.69) is 30.4 Å². The number of nitrogens with one attached hydrogen (secondary N) is 1. The number of benzene rings is 2. The van der Waals surface area contributed by atoms with Gasteiger partial charge in [0.05, 0.1) is 23.0 Å². The molecule has 0 aliphatic rings. The molecule has 3 N–H and O–H groups in total. The van der Waals surface area contributed by atoms with Gasteiger partial charge in [-0.05, 0) is 42.7 Å². The minimum absolute atomic E-state index is 0.618. The summed E-state index contributed by atoms with van der Waals surface area (Å²) in [7, 11) is 0. The highest BCUT2D eigenvalue weighted by molar-refractivity contribution is 5.68. The van der Waals surface area contributed by atoms with Crippen molar-refractivity contribution in [2.24, 2.45) is 0 Å². The van der Waals surface area contributed by atoms with Gasteiger partial charge >= 0.3 is 0 Å². The van der Waals surface area contributed by atoms with Crippen molar-refractivity contribution in [3.63, 3.8) is 0 Å². The number of anilines is 2. The monoisotopic (exact) mass is 251 g/mol. The van der Waals surface area contributed by atoms with Crippen molar-refractivity contribution in [2.45, 2.75) is 13.3 Å². The Morgan fingerprint density at radius 3 is 2.74 bits per heavy atom. The molecular formula is C16H17N3. The summed E-state index contributed by atoms with van der Waals surface area (Å²) in [6, 6.07) is 15.7. The highest BCUT2D eigenvalue weighted by Gasteiger charge is 2.01. The Kier molecular flexibility index (Phi) is 4.04. The van der Waals surface area contributed by atoms with Crippen LogP contribution in [0.4, 0.5) is 11.4 Å². The second kappa shape index (κ2) is 5.92. The maximum atomic E-state index is 8.87. The number of nitrogens with two attached hydrogens (primary N) is 1. The quantitative estimate of drug-likeness (QED) is 0.821. The van der Waals surface area contributed by atoms with E-state index in [1.807, 2.05) is 12.1 Å². The Hall–Kier alpha value is -2.47. The number of hydrogen-bond donors (Lipinski definition) is 2. The van der Waals surface area contributed by atoms with Crippen molar-refractivity contribution in [1.82, 2.24) is 0 Å². The molecule has 0 heterocycles. The number of nitrogen functional groups attached to an aromatic ring is 1. The van der Waals surface area contributed by atoms with E-state index in [0.717, 1.165) is 18.7 Å². The molecule has 0 aliphatic carbocycles. The van der Waals surface area contributed by atoms with Crippen LogP contribution in [0.25, 0.3) is 0 Å². The van der Waals surface area contributed by atoms with E-state index in [1.165, 1.54) is 11.1 Å². The van der Waals surface area contributed by atoms with Crippen LogP contribution in [0.5, 0.6) is 0 Å². The molecule has 0 radical (unpaired) electrons. The number of aryl methyl sites for hydroxylation is 1. The first kappa shape index (κ1) is 13.0. The van der Waals surface area contributed by atoms with Gasteiger partial charge in [0.1, 0.15) is 0 Å². The molecule has 3 heteroatoms. The predicted octanol–water partition coefficient (Wildman–Crippen LogP) is 3.10. The molecule has 3 nitrogen and oxygen atoms in total. The molecule has 2 aromatic rings. The van der Waals surface area contributed by atoms with Crippen LogP contribution in [0, 0.1) is 18.3 Å². The maximum absolute atomic E-state index is 8.87. The maximum Gasteiger partial charge on any atom is 0.0992 e. The van der Waals surface area contributed by atoms with Crippen molar-refractivity contribution in [3.8, 4) is 6.07 Å². The third-order valence-corrected chi connectivity index (χ3v) is 3.15. The Balaban J connectivity index is 2.00. The van der Waals surface area contributed by atoms with Crippen LogP contribution >= 0.6 is 0 Å². The first-order valence-electron chi connectivity index (χ1n) is 6.28. The second-order valence-electron chi connectivity index (χ2n) is 4.52. The lowest BCUT2D eigenvalue weighted by molar-refractivity contribution is 1.01. The van der Waals surface area contributed by atoms with E-state index in [0.29, 0.717) is 11.3 Å². The summed E-state index contributed by atoms with van der Waals surface area (Å²) in [5.74, 6) is 0. The third kappa shape index (κ3) is 3.26. The van der Waals surface area contributed by atoms with Gasteiger partial charge in [0.2, 0.25) is 0 Å². The van der Waals surface area contributed by atoms with Crippen LogP contribution in [0.2, 0.25) is 0 Å². The summed E-state index contributed by atoms with van der Waals surface area (Å²) in [5, 5.41) is 12.2. The fourth-order valence-corrected chi connectivity index (χ4v) is 2.00.